The minimum Gasteiger partial charge on any atom is -0.478 e. The summed E-state index contributed by atoms with van der Waals surface area (Å²) in [5, 5.41) is 13.8. The van der Waals surface area contributed by atoms with Gasteiger partial charge in [0.05, 0.1) is 22.5 Å². The minimum absolute atomic E-state index is 0.0378. The van der Waals surface area contributed by atoms with Crippen LogP contribution in [0.15, 0.2) is 47.3 Å². The molecule has 34 heavy (non-hydrogen) atoms. The molecule has 176 valence electrons. The van der Waals surface area contributed by atoms with Gasteiger partial charge in [0.25, 0.3) is 5.56 Å². The maximum atomic E-state index is 14.0. The smallest absolute Gasteiger partial charge is 0.418 e. The molecule has 2 aliphatic rings. The second kappa shape index (κ2) is 8.30. The van der Waals surface area contributed by atoms with Crippen LogP contribution >= 0.6 is 0 Å². The molecule has 6 nitrogen and oxygen atoms in total. The van der Waals surface area contributed by atoms with Crippen molar-refractivity contribution >= 4 is 11.7 Å². The highest BCUT2D eigenvalue weighted by molar-refractivity contribution is 5.89. The van der Waals surface area contributed by atoms with Crippen molar-refractivity contribution in [3.8, 4) is 16.9 Å². The molecule has 9 heteroatoms. The number of alkyl halides is 3. The first kappa shape index (κ1) is 22.2. The number of carboxylic acids is 1. The van der Waals surface area contributed by atoms with Crippen molar-refractivity contribution in [1.29, 1.82) is 0 Å². The Hall–Kier alpha value is -3.62. The van der Waals surface area contributed by atoms with Gasteiger partial charge in [0.1, 0.15) is 0 Å². The molecule has 1 saturated heterocycles. The van der Waals surface area contributed by atoms with E-state index in [2.05, 4.69) is 5.10 Å². The number of aromatic nitrogens is 2. The van der Waals surface area contributed by atoms with Gasteiger partial charge in [0.2, 0.25) is 0 Å². The normalized spacial score (nSPS) is 15.6. The van der Waals surface area contributed by atoms with Gasteiger partial charge in [0.15, 0.2) is 0 Å². The van der Waals surface area contributed by atoms with Crippen molar-refractivity contribution in [2.45, 2.75) is 38.3 Å². The summed E-state index contributed by atoms with van der Waals surface area (Å²) in [6.07, 6.45) is -1.08. The van der Waals surface area contributed by atoms with Gasteiger partial charge in [-0.1, -0.05) is 12.1 Å². The first-order valence-corrected chi connectivity index (χ1v) is 11.2. The highest BCUT2D eigenvalue weighted by Gasteiger charge is 2.36. The SMILES string of the molecule is O=C(O)c1cccc(-c2nn(-c3cc(N4CCCC4)ccc3C(F)(F)F)c(=O)c3c2CCC3)c1. The summed E-state index contributed by atoms with van der Waals surface area (Å²) in [7, 11) is 0. The number of hydrogen-bond donors (Lipinski definition) is 1. The van der Waals surface area contributed by atoms with Gasteiger partial charge in [-0.2, -0.15) is 23.0 Å². The van der Waals surface area contributed by atoms with Crippen LogP contribution in [0.5, 0.6) is 0 Å². The summed E-state index contributed by atoms with van der Waals surface area (Å²) in [6, 6.07) is 9.93. The van der Waals surface area contributed by atoms with E-state index in [9.17, 15) is 27.9 Å². The first-order chi connectivity index (χ1) is 16.2. The first-order valence-electron chi connectivity index (χ1n) is 11.2. The molecule has 1 N–H and O–H groups in total. The largest absolute Gasteiger partial charge is 0.478 e. The van der Waals surface area contributed by atoms with Crippen LogP contribution in [0.1, 0.15) is 46.3 Å². The van der Waals surface area contributed by atoms with E-state index >= 15 is 0 Å². The minimum atomic E-state index is -4.68. The van der Waals surface area contributed by atoms with E-state index in [4.69, 9.17) is 0 Å². The molecule has 0 saturated carbocycles. The maximum absolute atomic E-state index is 14.0. The maximum Gasteiger partial charge on any atom is 0.418 e. The van der Waals surface area contributed by atoms with E-state index in [0.717, 1.165) is 36.7 Å². The van der Waals surface area contributed by atoms with Crippen molar-refractivity contribution in [2.24, 2.45) is 0 Å². The van der Waals surface area contributed by atoms with Crippen LogP contribution in [0.3, 0.4) is 0 Å². The number of benzene rings is 2. The Morgan fingerprint density at radius 2 is 1.71 bits per heavy atom. The molecule has 2 aromatic carbocycles. The lowest BCUT2D eigenvalue weighted by molar-refractivity contribution is -0.137. The van der Waals surface area contributed by atoms with E-state index < -0.39 is 23.3 Å². The molecule has 0 atom stereocenters. The monoisotopic (exact) mass is 469 g/mol. The average molecular weight is 469 g/mol. The molecule has 0 spiro atoms. The summed E-state index contributed by atoms with van der Waals surface area (Å²) in [6.45, 7) is 1.48. The van der Waals surface area contributed by atoms with Crippen molar-refractivity contribution in [3.63, 3.8) is 0 Å². The third kappa shape index (κ3) is 3.85. The predicted molar refractivity (Wildman–Crippen MR) is 121 cm³/mol. The molecule has 0 radical (unpaired) electrons. The van der Waals surface area contributed by atoms with Crippen molar-refractivity contribution in [3.05, 3.63) is 75.1 Å². The number of carboxylic acid groups (broad SMARTS) is 1. The zero-order chi connectivity index (χ0) is 24.0. The number of anilines is 1. The van der Waals surface area contributed by atoms with Crippen LogP contribution in [0.25, 0.3) is 16.9 Å². The molecule has 0 bridgehead atoms. The van der Waals surface area contributed by atoms with Gasteiger partial charge >= 0.3 is 12.1 Å². The second-order valence-electron chi connectivity index (χ2n) is 8.66. The summed E-state index contributed by atoms with van der Waals surface area (Å²) in [5.74, 6) is -1.12. The third-order valence-electron chi connectivity index (χ3n) is 6.52. The molecule has 2 heterocycles. The van der Waals surface area contributed by atoms with Gasteiger partial charge in [0, 0.05) is 29.9 Å². The molecular formula is C25H22F3N3O3. The lowest BCUT2D eigenvalue weighted by Gasteiger charge is -2.22. The van der Waals surface area contributed by atoms with E-state index in [1.807, 2.05) is 4.90 Å². The van der Waals surface area contributed by atoms with Gasteiger partial charge in [-0.25, -0.2) is 4.79 Å². The van der Waals surface area contributed by atoms with Crippen LogP contribution in [0, 0.1) is 0 Å². The Morgan fingerprint density at radius 3 is 2.41 bits per heavy atom. The number of halogens is 3. The van der Waals surface area contributed by atoms with Crippen LogP contribution in [0.2, 0.25) is 0 Å². The van der Waals surface area contributed by atoms with Crippen LogP contribution < -0.4 is 10.5 Å². The number of rotatable bonds is 4. The van der Waals surface area contributed by atoms with Crippen molar-refractivity contribution in [2.75, 3.05) is 18.0 Å². The molecule has 0 amide bonds. The summed E-state index contributed by atoms with van der Waals surface area (Å²) in [5.41, 5.74) is 0.750. The van der Waals surface area contributed by atoms with E-state index in [-0.39, 0.29) is 11.3 Å². The fourth-order valence-electron chi connectivity index (χ4n) is 4.88. The second-order valence-corrected chi connectivity index (χ2v) is 8.66. The molecule has 0 unspecified atom stereocenters. The summed E-state index contributed by atoms with van der Waals surface area (Å²) in [4.78, 5) is 26.8. The van der Waals surface area contributed by atoms with Crippen LogP contribution in [-0.4, -0.2) is 33.9 Å². The van der Waals surface area contributed by atoms with Crippen molar-refractivity contribution in [1.82, 2.24) is 9.78 Å². The number of fused-ring (bicyclic) bond motifs is 1. The Bertz CT molecular complexity index is 1340. The fraction of sp³-hybridized carbons (Fsp3) is 0.320. The van der Waals surface area contributed by atoms with E-state index in [0.29, 0.717) is 47.3 Å². The van der Waals surface area contributed by atoms with Gasteiger partial charge in [-0.15, -0.1) is 0 Å². The number of aromatic carboxylic acids is 1. The molecule has 3 aromatic rings. The Labute approximate surface area is 193 Å². The molecule has 1 aliphatic heterocycles. The molecule has 1 aliphatic carbocycles. The van der Waals surface area contributed by atoms with Gasteiger partial charge in [-0.05, 0) is 68.0 Å². The van der Waals surface area contributed by atoms with Crippen LogP contribution in [0.4, 0.5) is 18.9 Å². The standard InChI is InChI=1S/C25H22F3N3O3/c26-25(27,28)20-10-9-17(30-11-1-2-12-30)14-21(20)31-23(32)19-8-4-7-18(19)22(29-31)15-5-3-6-16(13-15)24(33)34/h3,5-6,9-10,13-14H,1-2,4,7-8,11-12H2,(H,33,34). The predicted octanol–water partition coefficient (Wildman–Crippen LogP) is 4.71. The van der Waals surface area contributed by atoms with Gasteiger partial charge in [-0.3, -0.25) is 4.79 Å². The topological polar surface area (TPSA) is 75.4 Å². The fourth-order valence-corrected chi connectivity index (χ4v) is 4.88. The third-order valence-corrected chi connectivity index (χ3v) is 6.52. The summed E-state index contributed by atoms with van der Waals surface area (Å²) < 4.78 is 42.8. The quantitative estimate of drug-likeness (QED) is 0.599. The zero-order valence-corrected chi connectivity index (χ0v) is 18.2. The lowest BCUT2D eigenvalue weighted by atomic mass is 10.0. The molecule has 1 fully saturated rings. The highest BCUT2D eigenvalue weighted by Crippen LogP contribution is 2.37. The van der Waals surface area contributed by atoms with Crippen LogP contribution in [-0.2, 0) is 19.0 Å². The molecule has 5 rings (SSSR count). The Morgan fingerprint density at radius 1 is 0.971 bits per heavy atom. The lowest BCUT2D eigenvalue weighted by Crippen LogP contribution is -2.28. The molecular weight excluding hydrogens is 447 g/mol. The Balaban J connectivity index is 1.76. The highest BCUT2D eigenvalue weighted by atomic mass is 19.4. The van der Waals surface area contributed by atoms with Crippen molar-refractivity contribution < 1.29 is 23.1 Å². The number of nitrogens with zero attached hydrogens (tertiary/aromatic N) is 3. The zero-order valence-electron chi connectivity index (χ0n) is 18.2. The van der Waals surface area contributed by atoms with Gasteiger partial charge < -0.3 is 10.0 Å². The Kier molecular flexibility index (Phi) is 5.42. The number of carbonyl (C=O) groups is 1. The summed E-state index contributed by atoms with van der Waals surface area (Å²) >= 11 is 0. The van der Waals surface area contributed by atoms with E-state index in [1.54, 1.807) is 12.1 Å². The van der Waals surface area contributed by atoms with E-state index in [1.165, 1.54) is 24.3 Å². The molecule has 1 aromatic heterocycles. The number of hydrogen-bond acceptors (Lipinski definition) is 4. The average Bonchev–Trinajstić information content (AvgIpc) is 3.51.